The zero-order valence-electron chi connectivity index (χ0n) is 15.9. The van der Waals surface area contributed by atoms with Gasteiger partial charge in [-0.2, -0.15) is 0 Å². The largest absolute Gasteiger partial charge is 0.381 e. The van der Waals surface area contributed by atoms with E-state index in [9.17, 15) is 0 Å². The van der Waals surface area contributed by atoms with E-state index < -0.39 is 0 Å². The molecule has 0 radical (unpaired) electrons. The fraction of sp³-hybridized carbons (Fsp3) is 0.789. The van der Waals surface area contributed by atoms with Crippen LogP contribution in [0.4, 0.5) is 0 Å². The first kappa shape index (κ1) is 21.9. The molecule has 0 aromatic carbocycles. The van der Waals surface area contributed by atoms with Gasteiger partial charge in [0.25, 0.3) is 0 Å². The van der Waals surface area contributed by atoms with Crippen molar-refractivity contribution >= 4 is 41.3 Å². The van der Waals surface area contributed by atoms with Crippen LogP contribution in [-0.2, 0) is 24.0 Å². The van der Waals surface area contributed by atoms with Crippen molar-refractivity contribution < 1.29 is 4.74 Å². The number of hydrogen-bond acceptors (Lipinski definition) is 4. The number of guanidine groups is 1. The van der Waals surface area contributed by atoms with E-state index in [0.717, 1.165) is 57.4 Å². The number of thiazole rings is 1. The molecule has 148 valence electrons. The van der Waals surface area contributed by atoms with Gasteiger partial charge < -0.3 is 15.4 Å². The molecule has 2 aliphatic rings. The van der Waals surface area contributed by atoms with Crippen LogP contribution in [0.1, 0.15) is 54.1 Å². The topological polar surface area (TPSA) is 58.5 Å². The van der Waals surface area contributed by atoms with Gasteiger partial charge in [0.2, 0.25) is 0 Å². The molecule has 2 N–H and O–H groups in total. The molecule has 3 rings (SSSR count). The minimum Gasteiger partial charge on any atom is -0.381 e. The zero-order valence-corrected chi connectivity index (χ0v) is 19.0. The van der Waals surface area contributed by atoms with Crippen LogP contribution >= 0.6 is 35.3 Å². The van der Waals surface area contributed by atoms with E-state index in [1.165, 1.54) is 54.1 Å². The van der Waals surface area contributed by atoms with E-state index in [1.54, 1.807) is 0 Å². The summed E-state index contributed by atoms with van der Waals surface area (Å²) in [6.07, 6.45) is 11.0. The van der Waals surface area contributed by atoms with Gasteiger partial charge in [-0.1, -0.05) is 0 Å². The summed E-state index contributed by atoms with van der Waals surface area (Å²) in [7, 11) is 1.83. The molecule has 1 heterocycles. The van der Waals surface area contributed by atoms with Gasteiger partial charge in [0.1, 0.15) is 0 Å². The lowest BCUT2D eigenvalue weighted by Gasteiger charge is -2.11. The average Bonchev–Trinajstić information content (AvgIpc) is 3.36. The molecule has 0 bridgehead atoms. The van der Waals surface area contributed by atoms with Crippen LogP contribution < -0.4 is 10.6 Å². The molecule has 1 aromatic rings. The Balaban J connectivity index is 0.00000243. The molecule has 26 heavy (non-hydrogen) atoms. The van der Waals surface area contributed by atoms with Crippen LogP contribution in [0, 0.1) is 5.92 Å². The quantitative estimate of drug-likeness (QED) is 0.227. The van der Waals surface area contributed by atoms with Crippen LogP contribution in [0.2, 0.25) is 0 Å². The summed E-state index contributed by atoms with van der Waals surface area (Å²) in [5, 5.41) is 8.06. The molecule has 0 atom stereocenters. The third-order valence-electron chi connectivity index (χ3n) is 4.78. The summed E-state index contributed by atoms with van der Waals surface area (Å²) in [5.74, 6) is 1.74. The second kappa shape index (κ2) is 12.1. The van der Waals surface area contributed by atoms with Gasteiger partial charge in [0, 0.05) is 44.6 Å². The second-order valence-corrected chi connectivity index (χ2v) is 8.25. The summed E-state index contributed by atoms with van der Waals surface area (Å²) in [5.41, 5.74) is 1.38. The molecular formula is C19H33IN4OS. The van der Waals surface area contributed by atoms with Crippen molar-refractivity contribution in [1.29, 1.82) is 0 Å². The highest BCUT2D eigenvalue weighted by molar-refractivity contribution is 14.0. The van der Waals surface area contributed by atoms with Gasteiger partial charge in [-0.3, -0.25) is 4.99 Å². The predicted molar refractivity (Wildman–Crippen MR) is 120 cm³/mol. The summed E-state index contributed by atoms with van der Waals surface area (Å²) in [4.78, 5) is 10.6. The monoisotopic (exact) mass is 492 g/mol. The third kappa shape index (κ3) is 7.68. The number of nitrogens with zero attached hydrogens (tertiary/aromatic N) is 2. The number of fused-ring (bicyclic) bond motifs is 1. The van der Waals surface area contributed by atoms with E-state index in [-0.39, 0.29) is 24.0 Å². The number of halogens is 1. The molecular weight excluding hydrogens is 459 g/mol. The highest BCUT2D eigenvalue weighted by Crippen LogP contribution is 2.28. The number of aryl methyl sites for hydroxylation is 3. The SMILES string of the molecule is CN=C(NCCCOCC1CC1)NCCCc1nc2c(s1)CCCC2.I. The molecule has 0 spiro atoms. The van der Waals surface area contributed by atoms with Crippen molar-refractivity contribution in [3.05, 3.63) is 15.6 Å². The average molecular weight is 492 g/mol. The zero-order chi connectivity index (χ0) is 17.3. The van der Waals surface area contributed by atoms with E-state index in [4.69, 9.17) is 9.72 Å². The molecule has 7 heteroatoms. The lowest BCUT2D eigenvalue weighted by molar-refractivity contribution is 0.123. The van der Waals surface area contributed by atoms with Crippen molar-refractivity contribution in [1.82, 2.24) is 15.6 Å². The smallest absolute Gasteiger partial charge is 0.190 e. The Morgan fingerprint density at radius 1 is 1.19 bits per heavy atom. The summed E-state index contributed by atoms with van der Waals surface area (Å²) < 4.78 is 5.65. The number of aromatic nitrogens is 1. The third-order valence-corrected chi connectivity index (χ3v) is 6.00. The lowest BCUT2D eigenvalue weighted by atomic mass is 10.0. The lowest BCUT2D eigenvalue weighted by Crippen LogP contribution is -2.38. The molecule has 5 nitrogen and oxygen atoms in total. The van der Waals surface area contributed by atoms with Gasteiger partial charge in [-0.25, -0.2) is 4.98 Å². The number of nitrogens with one attached hydrogen (secondary N) is 2. The second-order valence-electron chi connectivity index (χ2n) is 7.09. The van der Waals surface area contributed by atoms with Crippen molar-refractivity contribution in [2.75, 3.05) is 33.4 Å². The van der Waals surface area contributed by atoms with Crippen LogP contribution in [0.15, 0.2) is 4.99 Å². The molecule has 0 unspecified atom stereocenters. The van der Waals surface area contributed by atoms with E-state index in [2.05, 4.69) is 15.6 Å². The van der Waals surface area contributed by atoms with Gasteiger partial charge in [0.05, 0.1) is 10.7 Å². The number of hydrogen-bond donors (Lipinski definition) is 2. The number of rotatable bonds is 10. The van der Waals surface area contributed by atoms with Gasteiger partial charge in [0.15, 0.2) is 5.96 Å². The van der Waals surface area contributed by atoms with E-state index in [0.29, 0.717) is 0 Å². The molecule has 0 aliphatic heterocycles. The Hall–Kier alpha value is -0.410. The summed E-state index contributed by atoms with van der Waals surface area (Å²) in [6, 6.07) is 0. The molecule has 1 aromatic heterocycles. The Morgan fingerprint density at radius 2 is 1.96 bits per heavy atom. The van der Waals surface area contributed by atoms with E-state index >= 15 is 0 Å². The number of aliphatic imine (C=N–C) groups is 1. The Morgan fingerprint density at radius 3 is 2.69 bits per heavy atom. The van der Waals surface area contributed by atoms with Crippen molar-refractivity contribution in [2.45, 2.75) is 57.8 Å². The van der Waals surface area contributed by atoms with Gasteiger partial charge in [-0.05, 0) is 57.3 Å². The summed E-state index contributed by atoms with van der Waals surface area (Å²) >= 11 is 1.93. The minimum atomic E-state index is 0. The fourth-order valence-electron chi connectivity index (χ4n) is 3.09. The van der Waals surface area contributed by atoms with Crippen LogP contribution in [0.25, 0.3) is 0 Å². The maximum Gasteiger partial charge on any atom is 0.190 e. The van der Waals surface area contributed by atoms with Gasteiger partial charge >= 0.3 is 0 Å². The normalized spacial score (nSPS) is 16.7. The first-order valence-electron chi connectivity index (χ1n) is 9.85. The highest BCUT2D eigenvalue weighted by Gasteiger charge is 2.20. The Kier molecular flexibility index (Phi) is 10.2. The Labute approximate surface area is 178 Å². The molecule has 0 amide bonds. The first-order valence-corrected chi connectivity index (χ1v) is 10.7. The van der Waals surface area contributed by atoms with E-state index in [1.807, 2.05) is 18.4 Å². The summed E-state index contributed by atoms with van der Waals surface area (Å²) in [6.45, 7) is 3.63. The standard InChI is InChI=1S/C19H32N4OS.HI/c1-20-19(22-12-5-13-24-14-15-9-10-15)21-11-4-8-18-23-16-6-2-3-7-17(16)25-18;/h15H,2-14H2,1H3,(H2,20,21,22);1H. The molecule has 2 aliphatic carbocycles. The maximum absolute atomic E-state index is 5.65. The number of ether oxygens (including phenoxy) is 1. The predicted octanol–water partition coefficient (Wildman–Crippen LogP) is 3.55. The maximum atomic E-state index is 5.65. The van der Waals surface area contributed by atoms with Crippen molar-refractivity contribution in [2.24, 2.45) is 10.9 Å². The van der Waals surface area contributed by atoms with Crippen LogP contribution in [0.5, 0.6) is 0 Å². The fourth-order valence-corrected chi connectivity index (χ4v) is 4.29. The first-order chi connectivity index (χ1) is 12.3. The highest BCUT2D eigenvalue weighted by atomic mass is 127. The van der Waals surface area contributed by atoms with Crippen LogP contribution in [-0.4, -0.2) is 44.3 Å². The molecule has 0 saturated heterocycles. The van der Waals surface area contributed by atoms with Gasteiger partial charge in [-0.15, -0.1) is 35.3 Å². The molecule has 1 saturated carbocycles. The minimum absolute atomic E-state index is 0. The van der Waals surface area contributed by atoms with Crippen molar-refractivity contribution in [3.63, 3.8) is 0 Å². The Bertz CT molecular complexity index is 536. The van der Waals surface area contributed by atoms with Crippen molar-refractivity contribution in [3.8, 4) is 0 Å². The van der Waals surface area contributed by atoms with Crippen LogP contribution in [0.3, 0.4) is 0 Å². The molecule has 1 fully saturated rings.